The van der Waals surface area contributed by atoms with E-state index in [-0.39, 0.29) is 6.61 Å². The molecule has 0 aromatic heterocycles. The van der Waals surface area contributed by atoms with Gasteiger partial charge < -0.3 is 14.3 Å². The van der Waals surface area contributed by atoms with Gasteiger partial charge in [-0.25, -0.2) is 0 Å². The van der Waals surface area contributed by atoms with Gasteiger partial charge in [0.2, 0.25) is 0 Å². The number of aliphatic hydroxyl groups excluding tert-OH is 1. The largest absolute Gasteiger partial charge is 0.394 e. The molecule has 0 unspecified atom stereocenters. The number of unbranched alkanes of at least 4 members (excludes halogenated alkanes) is 4. The van der Waals surface area contributed by atoms with Crippen LogP contribution in [-0.2, 0) is 4.74 Å². The summed E-state index contributed by atoms with van der Waals surface area (Å²) in [7, 11) is 0. The second kappa shape index (κ2) is 13.8. The van der Waals surface area contributed by atoms with Crippen molar-refractivity contribution in [2.24, 2.45) is 0 Å². The second-order valence-electron chi connectivity index (χ2n) is 5.99. The van der Waals surface area contributed by atoms with Gasteiger partial charge in [-0.05, 0) is 25.7 Å². The first-order valence-electron chi connectivity index (χ1n) is 8.78. The summed E-state index contributed by atoms with van der Waals surface area (Å²) in [5.41, 5.74) is 0. The SMILES string of the molecule is CCCCCCC[N+](CCC)(CCC)CCOCCO. The molecule has 20 heavy (non-hydrogen) atoms. The normalized spacial score (nSPS) is 12.0. The van der Waals surface area contributed by atoms with Crippen LogP contribution in [0.15, 0.2) is 0 Å². The number of nitrogens with zero attached hydrogens (tertiary/aromatic N) is 1. The molecule has 122 valence electrons. The van der Waals surface area contributed by atoms with Crippen molar-refractivity contribution in [1.82, 2.24) is 0 Å². The summed E-state index contributed by atoms with van der Waals surface area (Å²) in [6, 6.07) is 0. The second-order valence-corrected chi connectivity index (χ2v) is 5.99. The van der Waals surface area contributed by atoms with Crippen LogP contribution in [0.2, 0.25) is 0 Å². The molecule has 0 saturated heterocycles. The maximum absolute atomic E-state index is 8.80. The molecule has 0 heterocycles. The lowest BCUT2D eigenvalue weighted by Crippen LogP contribution is -2.51. The lowest BCUT2D eigenvalue weighted by atomic mass is 10.1. The number of rotatable bonds is 15. The summed E-state index contributed by atoms with van der Waals surface area (Å²) in [6.45, 7) is 13.2. The molecule has 0 spiro atoms. The van der Waals surface area contributed by atoms with Crippen LogP contribution in [0.3, 0.4) is 0 Å². The smallest absolute Gasteiger partial charge is 0.102 e. The predicted octanol–water partition coefficient (Wildman–Crippen LogP) is 3.60. The first-order valence-corrected chi connectivity index (χ1v) is 8.78. The van der Waals surface area contributed by atoms with Gasteiger partial charge in [0, 0.05) is 0 Å². The third kappa shape index (κ3) is 9.73. The van der Waals surface area contributed by atoms with E-state index >= 15 is 0 Å². The van der Waals surface area contributed by atoms with Gasteiger partial charge in [-0.2, -0.15) is 0 Å². The van der Waals surface area contributed by atoms with Crippen LogP contribution in [0.25, 0.3) is 0 Å². The first-order chi connectivity index (χ1) is 9.74. The molecule has 3 nitrogen and oxygen atoms in total. The van der Waals surface area contributed by atoms with E-state index in [0.29, 0.717) is 6.61 Å². The summed E-state index contributed by atoms with van der Waals surface area (Å²) in [6.07, 6.45) is 9.29. The Balaban J connectivity index is 4.18. The van der Waals surface area contributed by atoms with Crippen LogP contribution in [0.1, 0.15) is 65.7 Å². The molecule has 0 aliphatic carbocycles. The molecular weight excluding hydrogens is 250 g/mol. The van der Waals surface area contributed by atoms with Crippen molar-refractivity contribution < 1.29 is 14.3 Å². The highest BCUT2D eigenvalue weighted by Crippen LogP contribution is 2.14. The van der Waals surface area contributed by atoms with E-state index < -0.39 is 0 Å². The molecule has 1 N–H and O–H groups in total. The summed E-state index contributed by atoms with van der Waals surface area (Å²) in [5.74, 6) is 0. The van der Waals surface area contributed by atoms with Crippen molar-refractivity contribution in [3.8, 4) is 0 Å². The molecule has 0 aliphatic rings. The average Bonchev–Trinajstić information content (AvgIpc) is 2.44. The molecule has 0 aromatic carbocycles. The van der Waals surface area contributed by atoms with E-state index in [1.807, 2.05) is 0 Å². The number of quaternary nitrogens is 1. The Morgan fingerprint density at radius 3 is 1.90 bits per heavy atom. The van der Waals surface area contributed by atoms with E-state index in [2.05, 4.69) is 20.8 Å². The van der Waals surface area contributed by atoms with Gasteiger partial charge in [0.1, 0.15) is 6.54 Å². The zero-order chi connectivity index (χ0) is 15.1. The molecule has 0 atom stereocenters. The quantitative estimate of drug-likeness (QED) is 0.368. The van der Waals surface area contributed by atoms with Crippen LogP contribution < -0.4 is 0 Å². The van der Waals surface area contributed by atoms with Crippen molar-refractivity contribution in [3.63, 3.8) is 0 Å². The maximum atomic E-state index is 8.80. The third-order valence-electron chi connectivity index (χ3n) is 4.08. The van der Waals surface area contributed by atoms with Crippen LogP contribution in [0.4, 0.5) is 0 Å². The van der Waals surface area contributed by atoms with E-state index in [1.165, 1.54) is 69.1 Å². The van der Waals surface area contributed by atoms with Crippen LogP contribution in [0, 0.1) is 0 Å². The minimum Gasteiger partial charge on any atom is -0.394 e. The van der Waals surface area contributed by atoms with Gasteiger partial charge in [0.25, 0.3) is 0 Å². The third-order valence-corrected chi connectivity index (χ3v) is 4.08. The molecule has 0 radical (unpaired) electrons. The fraction of sp³-hybridized carbons (Fsp3) is 1.00. The fourth-order valence-electron chi connectivity index (χ4n) is 3.10. The minimum atomic E-state index is 0.137. The van der Waals surface area contributed by atoms with E-state index in [0.717, 1.165) is 13.2 Å². The van der Waals surface area contributed by atoms with Crippen LogP contribution in [-0.4, -0.2) is 55.6 Å². The van der Waals surface area contributed by atoms with Crippen LogP contribution in [0.5, 0.6) is 0 Å². The van der Waals surface area contributed by atoms with E-state index in [1.54, 1.807) is 0 Å². The highest BCUT2D eigenvalue weighted by atomic mass is 16.5. The summed E-state index contributed by atoms with van der Waals surface area (Å²) >= 11 is 0. The lowest BCUT2D eigenvalue weighted by Gasteiger charge is -2.38. The van der Waals surface area contributed by atoms with Crippen molar-refractivity contribution in [1.29, 1.82) is 0 Å². The minimum absolute atomic E-state index is 0.137. The molecule has 0 fully saturated rings. The van der Waals surface area contributed by atoms with Gasteiger partial charge >= 0.3 is 0 Å². The zero-order valence-electron chi connectivity index (χ0n) is 14.2. The molecule has 0 saturated carbocycles. The van der Waals surface area contributed by atoms with Gasteiger partial charge in [-0.15, -0.1) is 0 Å². The Morgan fingerprint density at radius 1 is 0.700 bits per heavy atom. The number of aliphatic hydroxyl groups is 1. The Kier molecular flexibility index (Phi) is 13.8. The topological polar surface area (TPSA) is 29.5 Å². The van der Waals surface area contributed by atoms with E-state index in [9.17, 15) is 0 Å². The monoisotopic (exact) mass is 288 g/mol. The fourth-order valence-corrected chi connectivity index (χ4v) is 3.10. The molecular formula is C17H38NO2+. The Bertz CT molecular complexity index is 191. The average molecular weight is 288 g/mol. The highest BCUT2D eigenvalue weighted by molar-refractivity contribution is 4.49. The van der Waals surface area contributed by atoms with Crippen molar-refractivity contribution >= 4 is 0 Å². The van der Waals surface area contributed by atoms with E-state index in [4.69, 9.17) is 9.84 Å². The van der Waals surface area contributed by atoms with Crippen molar-refractivity contribution in [2.45, 2.75) is 65.7 Å². The highest BCUT2D eigenvalue weighted by Gasteiger charge is 2.24. The van der Waals surface area contributed by atoms with Gasteiger partial charge in [-0.3, -0.25) is 0 Å². The molecule has 0 aromatic rings. The first kappa shape index (κ1) is 19.9. The standard InChI is InChI=1S/C17H38NO2/c1-4-7-8-9-10-13-18(11-5-2,12-6-3)14-16-20-17-15-19/h19H,4-17H2,1-3H3/q+1. The molecule has 0 amide bonds. The van der Waals surface area contributed by atoms with Gasteiger partial charge in [-0.1, -0.05) is 40.0 Å². The van der Waals surface area contributed by atoms with Gasteiger partial charge in [0.05, 0.1) is 39.5 Å². The van der Waals surface area contributed by atoms with Gasteiger partial charge in [0.15, 0.2) is 0 Å². The molecule has 0 rings (SSSR count). The van der Waals surface area contributed by atoms with Crippen molar-refractivity contribution in [3.05, 3.63) is 0 Å². The summed E-state index contributed by atoms with van der Waals surface area (Å²) < 4.78 is 6.72. The van der Waals surface area contributed by atoms with Crippen LogP contribution >= 0.6 is 0 Å². The van der Waals surface area contributed by atoms with Crippen molar-refractivity contribution in [2.75, 3.05) is 46.0 Å². The Hall–Kier alpha value is -0.120. The summed E-state index contributed by atoms with van der Waals surface area (Å²) in [4.78, 5) is 0. The molecule has 3 heteroatoms. The maximum Gasteiger partial charge on any atom is 0.102 e. The Labute approximate surface area is 126 Å². The molecule has 0 aliphatic heterocycles. The molecule has 0 bridgehead atoms. The number of ether oxygens (including phenoxy) is 1. The lowest BCUT2D eigenvalue weighted by molar-refractivity contribution is -0.928. The zero-order valence-corrected chi connectivity index (χ0v) is 14.2. The number of hydrogen-bond donors (Lipinski definition) is 1. The Morgan fingerprint density at radius 2 is 1.35 bits per heavy atom. The predicted molar refractivity (Wildman–Crippen MR) is 87.0 cm³/mol. The number of hydrogen-bond acceptors (Lipinski definition) is 2. The summed E-state index contributed by atoms with van der Waals surface area (Å²) in [5, 5.41) is 8.80.